The molecule has 0 spiro atoms. The molecule has 4 nitrogen and oxygen atoms in total. The topological polar surface area (TPSA) is 80.4 Å². The Hall–Kier alpha value is -0.330. The molecule has 1 aromatic rings. The van der Waals surface area contributed by atoms with Crippen molar-refractivity contribution in [1.82, 2.24) is 0 Å². The quantitative estimate of drug-likeness (QED) is 0.869. The summed E-state index contributed by atoms with van der Waals surface area (Å²) in [7, 11) is -3.75. The van der Waals surface area contributed by atoms with Gasteiger partial charge in [0.2, 0.25) is 10.0 Å². The minimum Gasteiger partial charge on any atom is -0.387 e. The van der Waals surface area contributed by atoms with Gasteiger partial charge in [0, 0.05) is 15.6 Å². The second-order valence-corrected chi connectivity index (χ2v) is 5.51. The SMILES string of the molecule is NS(=O)(=O)CC(O)c1cc(Cl)ccc1Cl. The first kappa shape index (κ1) is 12.7. The van der Waals surface area contributed by atoms with E-state index in [0.717, 1.165) is 0 Å². The van der Waals surface area contributed by atoms with Crippen LogP contribution in [0.1, 0.15) is 11.7 Å². The van der Waals surface area contributed by atoms with E-state index in [1.54, 1.807) is 0 Å². The van der Waals surface area contributed by atoms with Crippen molar-refractivity contribution in [2.45, 2.75) is 6.10 Å². The highest BCUT2D eigenvalue weighted by molar-refractivity contribution is 7.89. The molecule has 1 atom stereocenters. The van der Waals surface area contributed by atoms with Crippen LogP contribution in [0.3, 0.4) is 0 Å². The summed E-state index contributed by atoms with van der Waals surface area (Å²) in [5, 5.41) is 15.0. The maximum Gasteiger partial charge on any atom is 0.211 e. The molecule has 0 aliphatic carbocycles. The van der Waals surface area contributed by atoms with Gasteiger partial charge in [-0.2, -0.15) is 0 Å². The van der Waals surface area contributed by atoms with Crippen molar-refractivity contribution in [1.29, 1.82) is 0 Å². The number of benzene rings is 1. The third-order valence-electron chi connectivity index (χ3n) is 1.71. The van der Waals surface area contributed by atoms with Gasteiger partial charge in [-0.3, -0.25) is 0 Å². The number of aliphatic hydroxyl groups excluding tert-OH is 1. The van der Waals surface area contributed by atoms with Crippen LogP contribution in [0.2, 0.25) is 10.0 Å². The van der Waals surface area contributed by atoms with Gasteiger partial charge in [0.25, 0.3) is 0 Å². The van der Waals surface area contributed by atoms with E-state index in [0.29, 0.717) is 5.02 Å². The number of halogens is 2. The average molecular weight is 270 g/mol. The zero-order valence-electron chi connectivity index (χ0n) is 7.52. The number of hydrogen-bond acceptors (Lipinski definition) is 3. The second kappa shape index (κ2) is 4.67. The normalized spacial score (nSPS) is 13.9. The molecule has 7 heteroatoms. The van der Waals surface area contributed by atoms with E-state index in [9.17, 15) is 13.5 Å². The lowest BCUT2D eigenvalue weighted by molar-refractivity contribution is 0.202. The molecular formula is C8H9Cl2NO3S. The fourth-order valence-corrected chi connectivity index (χ4v) is 2.12. The molecule has 1 rings (SSSR count). The first-order valence-corrected chi connectivity index (χ1v) is 6.40. The zero-order chi connectivity index (χ0) is 11.6. The molecule has 0 aliphatic rings. The number of rotatable bonds is 3. The van der Waals surface area contributed by atoms with Gasteiger partial charge in [-0.1, -0.05) is 23.2 Å². The fourth-order valence-electron chi connectivity index (χ4n) is 1.08. The van der Waals surface area contributed by atoms with Crippen LogP contribution < -0.4 is 5.14 Å². The smallest absolute Gasteiger partial charge is 0.211 e. The van der Waals surface area contributed by atoms with E-state index in [1.807, 2.05) is 0 Å². The summed E-state index contributed by atoms with van der Waals surface area (Å²) in [4.78, 5) is 0. The molecule has 0 aromatic heterocycles. The predicted molar refractivity (Wildman–Crippen MR) is 59.4 cm³/mol. The number of primary sulfonamides is 1. The van der Waals surface area contributed by atoms with Crippen LogP contribution in [0.4, 0.5) is 0 Å². The maximum absolute atomic E-state index is 10.8. The summed E-state index contributed by atoms with van der Waals surface area (Å²) in [5.41, 5.74) is 0.248. The van der Waals surface area contributed by atoms with Gasteiger partial charge in [0.15, 0.2) is 0 Å². The molecular weight excluding hydrogens is 261 g/mol. The monoisotopic (exact) mass is 269 g/mol. The van der Waals surface area contributed by atoms with Gasteiger partial charge >= 0.3 is 0 Å². The molecule has 0 heterocycles. The summed E-state index contributed by atoms with van der Waals surface area (Å²) in [5.74, 6) is -0.590. The maximum atomic E-state index is 10.8. The molecule has 84 valence electrons. The minimum atomic E-state index is -3.75. The van der Waals surface area contributed by atoms with Gasteiger partial charge in [0.05, 0.1) is 11.9 Å². The summed E-state index contributed by atoms with van der Waals surface area (Å²) in [6.07, 6.45) is -1.27. The average Bonchev–Trinajstić information content (AvgIpc) is 2.06. The molecule has 0 aliphatic heterocycles. The van der Waals surface area contributed by atoms with Crippen molar-refractivity contribution in [2.75, 3.05) is 5.75 Å². The Morgan fingerprint density at radius 1 is 1.40 bits per heavy atom. The lowest BCUT2D eigenvalue weighted by Gasteiger charge is -2.11. The standard InChI is InChI=1S/C8H9Cl2NO3S/c9-5-1-2-7(10)6(3-5)8(12)4-15(11,13)14/h1-3,8,12H,4H2,(H2,11,13,14). The van der Waals surface area contributed by atoms with Crippen LogP contribution in [-0.4, -0.2) is 19.3 Å². The first-order chi connectivity index (χ1) is 6.79. The highest BCUT2D eigenvalue weighted by Crippen LogP contribution is 2.26. The fraction of sp³-hybridized carbons (Fsp3) is 0.250. The van der Waals surface area contributed by atoms with Crippen molar-refractivity contribution in [3.05, 3.63) is 33.8 Å². The van der Waals surface area contributed by atoms with Gasteiger partial charge in [-0.25, -0.2) is 13.6 Å². The molecule has 0 saturated heterocycles. The van der Waals surface area contributed by atoms with Gasteiger partial charge in [0.1, 0.15) is 0 Å². The van der Waals surface area contributed by atoms with Crippen molar-refractivity contribution < 1.29 is 13.5 Å². The van der Waals surface area contributed by atoms with Crippen LogP contribution in [0, 0.1) is 0 Å². The third-order valence-corrected chi connectivity index (χ3v) is 3.07. The predicted octanol–water partition coefficient (Wildman–Crippen LogP) is 1.32. The zero-order valence-corrected chi connectivity index (χ0v) is 9.85. The molecule has 3 N–H and O–H groups in total. The van der Waals surface area contributed by atoms with E-state index in [1.165, 1.54) is 18.2 Å². The van der Waals surface area contributed by atoms with E-state index in [2.05, 4.69) is 0 Å². The van der Waals surface area contributed by atoms with E-state index < -0.39 is 21.9 Å². The largest absolute Gasteiger partial charge is 0.387 e. The molecule has 0 saturated carbocycles. The van der Waals surface area contributed by atoms with Crippen molar-refractivity contribution in [3.63, 3.8) is 0 Å². The lowest BCUT2D eigenvalue weighted by Crippen LogP contribution is -2.21. The summed E-state index contributed by atoms with van der Waals surface area (Å²) in [6.45, 7) is 0. The Morgan fingerprint density at radius 2 is 2.00 bits per heavy atom. The highest BCUT2D eigenvalue weighted by Gasteiger charge is 2.17. The van der Waals surface area contributed by atoms with Crippen molar-refractivity contribution >= 4 is 33.2 Å². The molecule has 0 amide bonds. The van der Waals surface area contributed by atoms with Gasteiger partial charge < -0.3 is 5.11 Å². The Bertz CT molecular complexity index is 461. The Labute approximate surface area is 97.7 Å². The van der Waals surface area contributed by atoms with Crippen LogP contribution in [-0.2, 0) is 10.0 Å². The first-order valence-electron chi connectivity index (χ1n) is 3.93. The van der Waals surface area contributed by atoms with Crippen LogP contribution in [0.25, 0.3) is 0 Å². The number of hydrogen-bond donors (Lipinski definition) is 2. The van der Waals surface area contributed by atoms with Crippen molar-refractivity contribution in [2.24, 2.45) is 5.14 Å². The molecule has 0 fully saturated rings. The number of aliphatic hydroxyl groups is 1. The van der Waals surface area contributed by atoms with Crippen LogP contribution in [0.5, 0.6) is 0 Å². The minimum absolute atomic E-state index is 0.246. The molecule has 1 unspecified atom stereocenters. The molecule has 1 aromatic carbocycles. The van der Waals surface area contributed by atoms with Crippen molar-refractivity contribution in [3.8, 4) is 0 Å². The number of sulfonamides is 1. The van der Waals surface area contributed by atoms with E-state index in [-0.39, 0.29) is 10.6 Å². The van der Waals surface area contributed by atoms with E-state index >= 15 is 0 Å². The van der Waals surface area contributed by atoms with E-state index in [4.69, 9.17) is 28.3 Å². The van der Waals surface area contributed by atoms with Crippen LogP contribution >= 0.6 is 23.2 Å². The van der Waals surface area contributed by atoms with Crippen LogP contribution in [0.15, 0.2) is 18.2 Å². The number of nitrogens with two attached hydrogens (primary N) is 1. The molecule has 15 heavy (non-hydrogen) atoms. The lowest BCUT2D eigenvalue weighted by atomic mass is 10.1. The summed E-state index contributed by atoms with van der Waals surface area (Å²) >= 11 is 11.4. The Morgan fingerprint density at radius 3 is 2.53 bits per heavy atom. The van der Waals surface area contributed by atoms with Gasteiger partial charge in [-0.05, 0) is 18.2 Å². The Kier molecular flexibility index (Phi) is 3.97. The highest BCUT2D eigenvalue weighted by atomic mass is 35.5. The molecule has 0 bridgehead atoms. The third kappa shape index (κ3) is 3.96. The summed E-state index contributed by atoms with van der Waals surface area (Å²) < 4.78 is 21.5. The second-order valence-electron chi connectivity index (χ2n) is 3.01. The molecule has 0 radical (unpaired) electrons. The summed E-state index contributed by atoms with van der Waals surface area (Å²) in [6, 6.07) is 4.42. The Balaban J connectivity index is 3.00. The van der Waals surface area contributed by atoms with Gasteiger partial charge in [-0.15, -0.1) is 0 Å².